The van der Waals surface area contributed by atoms with Gasteiger partial charge in [-0.1, -0.05) is 340 Å². The Hall–Kier alpha value is -10.5. The van der Waals surface area contributed by atoms with E-state index in [0.717, 1.165) is 72.3 Å². The maximum absolute atomic E-state index is 13.9. The first-order valence-corrected chi connectivity index (χ1v) is 37.3. The second-order valence-corrected chi connectivity index (χ2v) is 29.0. The van der Waals surface area contributed by atoms with Gasteiger partial charge in [0.15, 0.2) is 34.9 Å². The van der Waals surface area contributed by atoms with Crippen molar-refractivity contribution in [1.29, 1.82) is 0 Å². The Bertz CT molecular complexity index is 4580. The Kier molecular flexibility index (Phi) is 31.2. The zero-order valence-electron chi connectivity index (χ0n) is 64.5. The Labute approximate surface area is 671 Å². The van der Waals surface area contributed by atoms with Gasteiger partial charge in [-0.15, -0.1) is 0 Å². The average Bonchev–Trinajstić information content (AvgIpc) is 0.859. The fraction of sp³-hybridized carbons (Fsp3) is 0.143. The quantitative estimate of drug-likeness (QED) is 0.140. The SMILES string of the molecule is Cc1ccc(-c2ccc(C)c(Cl)c2F)cc1.Cc1ccc(-c2ccc(C)c(Cl)c2F)cc1.Cc1ccc(-c2ccc(C)c(F)c2Cl)cc1.Cc1ccc(-c2ccc(C)c(F)c2Cl)cc1.Cc1ccc(-c2ccc(C)c(F)c2F)cc1.Cc1ccc(-c2ccc(C)c(F)c2F)cc1.Cc1ccc(-c2ccc(C)c(F)c2F)cc1. The summed E-state index contributed by atoms with van der Waals surface area (Å²) in [4.78, 5) is 0. The molecule has 0 bridgehead atoms. The third kappa shape index (κ3) is 22.7. The van der Waals surface area contributed by atoms with Gasteiger partial charge in [0.25, 0.3) is 0 Å². The van der Waals surface area contributed by atoms with Crippen LogP contribution in [0.25, 0.3) is 77.9 Å². The molecule has 0 aliphatic carbocycles. The Morgan fingerprint density at radius 2 is 0.277 bits per heavy atom. The van der Waals surface area contributed by atoms with Gasteiger partial charge in [0, 0.05) is 38.9 Å². The van der Waals surface area contributed by atoms with Crippen LogP contribution in [0.2, 0.25) is 20.1 Å². The molecule has 0 unspecified atom stereocenters. The first-order chi connectivity index (χ1) is 53.1. The molecule has 0 saturated carbocycles. The van der Waals surface area contributed by atoms with Crippen LogP contribution < -0.4 is 0 Å². The van der Waals surface area contributed by atoms with E-state index in [1.807, 2.05) is 206 Å². The molecule has 0 radical (unpaired) electrons. The molecule has 0 N–H and O–H groups in total. The van der Waals surface area contributed by atoms with Crippen LogP contribution in [0.15, 0.2) is 255 Å². The summed E-state index contributed by atoms with van der Waals surface area (Å²) in [5, 5.41) is 0.809. The molecule has 14 aromatic carbocycles. The fourth-order valence-electron chi connectivity index (χ4n) is 11.2. The van der Waals surface area contributed by atoms with Gasteiger partial charge >= 0.3 is 0 Å². The van der Waals surface area contributed by atoms with Crippen molar-refractivity contribution in [3.63, 3.8) is 0 Å². The van der Waals surface area contributed by atoms with Gasteiger partial charge in [-0.25, -0.2) is 43.9 Å². The minimum absolute atomic E-state index is 0.198. The van der Waals surface area contributed by atoms with E-state index < -0.39 is 34.9 Å². The molecule has 0 heterocycles. The van der Waals surface area contributed by atoms with E-state index in [4.69, 9.17) is 46.4 Å². The maximum atomic E-state index is 13.9. The number of hydrogen-bond acceptors (Lipinski definition) is 0. The average molecular weight is 1590 g/mol. The van der Waals surface area contributed by atoms with Crippen molar-refractivity contribution in [3.8, 4) is 77.9 Å². The summed E-state index contributed by atoms with van der Waals surface area (Å²) in [5.74, 6) is -5.97. The van der Waals surface area contributed by atoms with Crippen LogP contribution in [0.5, 0.6) is 0 Å². The van der Waals surface area contributed by atoms with E-state index >= 15 is 0 Å². The molecular formula is C98H84Cl4F10. The molecule has 0 spiro atoms. The van der Waals surface area contributed by atoms with Crippen molar-refractivity contribution in [1.82, 2.24) is 0 Å². The van der Waals surface area contributed by atoms with Crippen molar-refractivity contribution in [2.75, 3.05) is 0 Å². The molecule has 0 nitrogen and oxygen atoms in total. The number of halogens is 14. The molecule has 14 rings (SSSR count). The lowest BCUT2D eigenvalue weighted by Gasteiger charge is -2.07. The highest BCUT2D eigenvalue weighted by molar-refractivity contribution is 6.34. The molecule has 0 aliphatic heterocycles. The minimum Gasteiger partial charge on any atom is -0.205 e. The predicted octanol–water partition coefficient (Wildman–Crippen LogP) is 31.8. The molecule has 112 heavy (non-hydrogen) atoms. The Morgan fingerprint density at radius 3 is 0.464 bits per heavy atom. The largest absolute Gasteiger partial charge is 0.205 e. The van der Waals surface area contributed by atoms with Gasteiger partial charge in [0.05, 0.1) is 20.1 Å². The first-order valence-electron chi connectivity index (χ1n) is 35.8. The fourth-order valence-corrected chi connectivity index (χ4v) is 12.2. The molecule has 574 valence electrons. The zero-order valence-corrected chi connectivity index (χ0v) is 67.6. The highest BCUT2D eigenvalue weighted by atomic mass is 35.5. The summed E-state index contributed by atoms with van der Waals surface area (Å²) >= 11 is 23.8. The first kappa shape index (κ1) is 87.1. The van der Waals surface area contributed by atoms with E-state index in [-0.39, 0.29) is 43.4 Å². The molecule has 0 amide bonds. The van der Waals surface area contributed by atoms with Crippen LogP contribution >= 0.6 is 46.4 Å². The van der Waals surface area contributed by atoms with Crippen LogP contribution in [0.1, 0.15) is 77.9 Å². The molecule has 0 fully saturated rings. The Balaban J connectivity index is 0.000000164. The van der Waals surface area contributed by atoms with Gasteiger partial charge in [-0.05, 0) is 175 Å². The second-order valence-electron chi connectivity index (χ2n) is 27.5. The molecule has 0 atom stereocenters. The maximum Gasteiger partial charge on any atom is 0.166 e. The topological polar surface area (TPSA) is 0 Å². The molecule has 14 aromatic rings. The lowest BCUT2D eigenvalue weighted by Crippen LogP contribution is -1.92. The third-order valence-electron chi connectivity index (χ3n) is 18.5. The van der Waals surface area contributed by atoms with Crippen LogP contribution in [-0.2, 0) is 0 Å². The van der Waals surface area contributed by atoms with Crippen molar-refractivity contribution >= 4 is 46.4 Å². The third-order valence-corrected chi connectivity index (χ3v) is 20.1. The van der Waals surface area contributed by atoms with E-state index in [2.05, 4.69) is 0 Å². The summed E-state index contributed by atoms with van der Waals surface area (Å²) < 4.78 is 136. The van der Waals surface area contributed by atoms with Gasteiger partial charge in [0.1, 0.15) is 23.3 Å². The zero-order chi connectivity index (χ0) is 81.9. The highest BCUT2D eigenvalue weighted by Crippen LogP contribution is 2.37. The molecule has 0 aliphatic rings. The standard InChI is InChI=1S/4C14H12ClF.3C14H12F2/c2*1-9-3-6-11(7-4-9)12-8-5-10(2)14(16)13(12)15;5*1-9-3-6-11(7-4-9)12-8-5-10(2)13(15)14(12)16/h7*3-8H,1-2H3. The summed E-state index contributed by atoms with van der Waals surface area (Å²) in [6.07, 6.45) is 0. The predicted molar refractivity (Wildman–Crippen MR) is 449 cm³/mol. The van der Waals surface area contributed by atoms with Crippen molar-refractivity contribution in [2.45, 2.75) is 96.9 Å². The van der Waals surface area contributed by atoms with Crippen LogP contribution in [-0.4, -0.2) is 0 Å². The summed E-state index contributed by atoms with van der Waals surface area (Å²) in [7, 11) is 0. The van der Waals surface area contributed by atoms with E-state index in [0.29, 0.717) is 72.3 Å². The minimum atomic E-state index is -0.774. The summed E-state index contributed by atoms with van der Waals surface area (Å²) in [6, 6.07) is 77.3. The molecule has 0 aromatic heterocycles. The monoisotopic (exact) mass is 1590 g/mol. The van der Waals surface area contributed by atoms with Crippen LogP contribution in [0, 0.1) is 155 Å². The molecule has 0 saturated heterocycles. The lowest BCUT2D eigenvalue weighted by molar-refractivity contribution is 0.505. The molecular weight excluding hydrogens is 1510 g/mol. The number of aryl methyl sites for hydroxylation is 14. The molecule has 14 heteroatoms. The van der Waals surface area contributed by atoms with Crippen LogP contribution in [0.4, 0.5) is 43.9 Å². The van der Waals surface area contributed by atoms with Crippen molar-refractivity contribution in [2.24, 2.45) is 0 Å². The van der Waals surface area contributed by atoms with E-state index in [9.17, 15) is 43.9 Å². The van der Waals surface area contributed by atoms with Crippen LogP contribution in [0.3, 0.4) is 0 Å². The van der Waals surface area contributed by atoms with E-state index in [1.54, 1.807) is 146 Å². The smallest absolute Gasteiger partial charge is 0.166 e. The highest BCUT2D eigenvalue weighted by Gasteiger charge is 2.18. The number of hydrogen-bond donors (Lipinski definition) is 0. The number of benzene rings is 14. The van der Waals surface area contributed by atoms with Crippen molar-refractivity contribution in [3.05, 3.63) is 411 Å². The van der Waals surface area contributed by atoms with Gasteiger partial charge in [0.2, 0.25) is 0 Å². The van der Waals surface area contributed by atoms with Gasteiger partial charge < -0.3 is 0 Å². The summed E-state index contributed by atoms with van der Waals surface area (Å²) in [6.45, 7) is 25.6. The lowest BCUT2D eigenvalue weighted by atomic mass is 10.0. The van der Waals surface area contributed by atoms with Gasteiger partial charge in [-0.2, -0.15) is 0 Å². The van der Waals surface area contributed by atoms with Gasteiger partial charge in [-0.3, -0.25) is 0 Å². The Morgan fingerprint density at radius 1 is 0.134 bits per heavy atom. The van der Waals surface area contributed by atoms with E-state index in [1.165, 1.54) is 11.1 Å². The normalized spacial score (nSPS) is 10.5. The second kappa shape index (κ2) is 40.1. The number of rotatable bonds is 7. The summed E-state index contributed by atoms with van der Waals surface area (Å²) in [5.41, 5.74) is 20.8. The van der Waals surface area contributed by atoms with Crippen molar-refractivity contribution < 1.29 is 43.9 Å².